The van der Waals surface area contributed by atoms with Gasteiger partial charge >= 0.3 is 0 Å². The normalized spacial score (nSPS) is 10.8. The lowest BCUT2D eigenvalue weighted by Gasteiger charge is -2.23. The van der Waals surface area contributed by atoms with Crippen molar-refractivity contribution in [2.24, 2.45) is 0 Å². The van der Waals surface area contributed by atoms with E-state index in [0.717, 1.165) is 32.0 Å². The Kier molecular flexibility index (Phi) is 9.05. The number of hydrogen-bond acceptors (Lipinski definition) is 3. The van der Waals surface area contributed by atoms with E-state index in [0.29, 0.717) is 0 Å². The Morgan fingerprint density at radius 2 is 1.70 bits per heavy atom. The minimum atomic E-state index is 0.922. The van der Waals surface area contributed by atoms with E-state index in [2.05, 4.69) is 48.1 Å². The molecule has 3 heteroatoms. The molecule has 0 saturated carbocycles. The number of pyridine rings is 1. The van der Waals surface area contributed by atoms with Gasteiger partial charge < -0.3 is 10.2 Å². The van der Waals surface area contributed by atoms with Gasteiger partial charge in [0.2, 0.25) is 0 Å². The van der Waals surface area contributed by atoms with E-state index >= 15 is 0 Å². The summed E-state index contributed by atoms with van der Waals surface area (Å²) in [4.78, 5) is 7.08. The summed E-state index contributed by atoms with van der Waals surface area (Å²) < 4.78 is 0. The molecule has 0 fully saturated rings. The van der Waals surface area contributed by atoms with Crippen molar-refractivity contribution < 1.29 is 0 Å². The third-order valence-electron chi connectivity index (χ3n) is 3.45. The number of nitrogens with one attached hydrogen (secondary N) is 1. The van der Waals surface area contributed by atoms with Crippen LogP contribution < -0.4 is 10.2 Å². The largest absolute Gasteiger partial charge is 0.357 e. The molecule has 0 amide bonds. The lowest BCUT2D eigenvalue weighted by Crippen LogP contribution is -2.26. The monoisotopic (exact) mass is 277 g/mol. The number of hydrogen-bond donors (Lipinski definition) is 1. The van der Waals surface area contributed by atoms with E-state index in [1.165, 1.54) is 37.7 Å². The Morgan fingerprint density at radius 1 is 1.00 bits per heavy atom. The molecule has 20 heavy (non-hydrogen) atoms. The van der Waals surface area contributed by atoms with Crippen molar-refractivity contribution in [3.05, 3.63) is 23.9 Å². The van der Waals surface area contributed by atoms with Gasteiger partial charge in [-0.25, -0.2) is 4.98 Å². The van der Waals surface area contributed by atoms with Crippen molar-refractivity contribution in [3.63, 3.8) is 0 Å². The summed E-state index contributed by atoms with van der Waals surface area (Å²) in [5.74, 6) is 1.13. The van der Waals surface area contributed by atoms with Crippen LogP contribution in [0.25, 0.3) is 0 Å². The highest BCUT2D eigenvalue weighted by atomic mass is 15.2. The Balaban J connectivity index is 2.56. The van der Waals surface area contributed by atoms with Gasteiger partial charge in [0.1, 0.15) is 5.82 Å². The van der Waals surface area contributed by atoms with Gasteiger partial charge in [-0.1, -0.05) is 39.7 Å². The van der Waals surface area contributed by atoms with Gasteiger partial charge in [0.05, 0.1) is 0 Å². The van der Waals surface area contributed by atoms with Crippen LogP contribution in [-0.4, -0.2) is 24.6 Å². The summed E-state index contributed by atoms with van der Waals surface area (Å²) in [5, 5.41) is 3.42. The molecule has 0 aliphatic heterocycles. The van der Waals surface area contributed by atoms with Crippen LogP contribution in [0.5, 0.6) is 0 Å². The quantitative estimate of drug-likeness (QED) is 0.620. The van der Waals surface area contributed by atoms with Crippen LogP contribution in [0.15, 0.2) is 18.3 Å². The first-order valence-corrected chi connectivity index (χ1v) is 8.22. The van der Waals surface area contributed by atoms with Gasteiger partial charge in [0.25, 0.3) is 0 Å². The molecule has 0 aliphatic carbocycles. The zero-order chi connectivity index (χ0) is 14.6. The van der Waals surface area contributed by atoms with Crippen molar-refractivity contribution in [3.8, 4) is 0 Å². The topological polar surface area (TPSA) is 28.2 Å². The molecule has 1 N–H and O–H groups in total. The Morgan fingerprint density at radius 3 is 2.20 bits per heavy atom. The van der Waals surface area contributed by atoms with Crippen molar-refractivity contribution in [2.45, 2.75) is 59.4 Å². The fourth-order valence-corrected chi connectivity index (χ4v) is 2.16. The van der Waals surface area contributed by atoms with Crippen LogP contribution in [-0.2, 0) is 6.54 Å². The first kappa shape index (κ1) is 17.0. The molecule has 1 aromatic heterocycles. The zero-order valence-electron chi connectivity index (χ0n) is 13.5. The van der Waals surface area contributed by atoms with Crippen LogP contribution >= 0.6 is 0 Å². The molecule has 0 radical (unpaired) electrons. The van der Waals surface area contributed by atoms with Crippen molar-refractivity contribution in [2.75, 3.05) is 24.5 Å². The number of rotatable bonds is 11. The Bertz CT molecular complexity index is 327. The van der Waals surface area contributed by atoms with E-state index in [4.69, 9.17) is 0 Å². The molecule has 0 spiro atoms. The molecule has 1 heterocycles. The number of anilines is 1. The smallest absolute Gasteiger partial charge is 0.128 e. The number of nitrogens with zero attached hydrogens (tertiary/aromatic N) is 2. The number of unbranched alkanes of at least 4 members (excludes halogenated alkanes) is 2. The van der Waals surface area contributed by atoms with E-state index in [9.17, 15) is 0 Å². The minimum absolute atomic E-state index is 0.922. The van der Waals surface area contributed by atoms with Gasteiger partial charge in [0, 0.05) is 25.8 Å². The predicted molar refractivity (Wildman–Crippen MR) is 88.3 cm³/mol. The molecule has 3 nitrogen and oxygen atoms in total. The summed E-state index contributed by atoms with van der Waals surface area (Å²) in [6.45, 7) is 10.9. The summed E-state index contributed by atoms with van der Waals surface area (Å²) in [7, 11) is 0. The van der Waals surface area contributed by atoms with Gasteiger partial charge in [-0.15, -0.1) is 0 Å². The second-order valence-corrected chi connectivity index (χ2v) is 5.40. The fraction of sp³-hybridized carbons (Fsp3) is 0.706. The maximum absolute atomic E-state index is 4.65. The van der Waals surface area contributed by atoms with Crippen LogP contribution in [0.4, 0.5) is 5.82 Å². The van der Waals surface area contributed by atoms with Gasteiger partial charge in [-0.2, -0.15) is 0 Å². The molecular weight excluding hydrogens is 246 g/mol. The van der Waals surface area contributed by atoms with E-state index < -0.39 is 0 Å². The summed E-state index contributed by atoms with van der Waals surface area (Å²) >= 11 is 0. The van der Waals surface area contributed by atoms with Gasteiger partial charge in [-0.05, 0) is 37.4 Å². The lowest BCUT2D eigenvalue weighted by atomic mass is 10.2. The third kappa shape index (κ3) is 6.38. The molecule has 0 saturated heterocycles. The maximum atomic E-state index is 4.65. The second-order valence-electron chi connectivity index (χ2n) is 5.40. The first-order valence-electron chi connectivity index (χ1n) is 8.22. The van der Waals surface area contributed by atoms with Crippen molar-refractivity contribution in [1.29, 1.82) is 0 Å². The summed E-state index contributed by atoms with van der Waals surface area (Å²) in [6.07, 6.45) is 8.15. The second kappa shape index (κ2) is 10.7. The standard InChI is InChI=1S/C17H31N3/c1-4-7-12-20(13-8-5-2)17-10-9-16(15-19-17)14-18-11-6-3/h9-10,15,18H,4-8,11-14H2,1-3H3. The SMILES string of the molecule is CCCCN(CCCC)c1ccc(CNCCC)cn1. The maximum Gasteiger partial charge on any atom is 0.128 e. The molecule has 0 unspecified atom stereocenters. The molecule has 0 aliphatic rings. The van der Waals surface area contributed by atoms with E-state index in [1.807, 2.05) is 6.20 Å². The molecule has 0 bridgehead atoms. The first-order chi connectivity index (χ1) is 9.81. The third-order valence-corrected chi connectivity index (χ3v) is 3.45. The van der Waals surface area contributed by atoms with Crippen LogP contribution in [0.1, 0.15) is 58.4 Å². The Hall–Kier alpha value is -1.09. The van der Waals surface area contributed by atoms with Gasteiger partial charge in [-0.3, -0.25) is 0 Å². The van der Waals surface area contributed by atoms with E-state index in [-0.39, 0.29) is 0 Å². The molecule has 0 aromatic carbocycles. The number of aromatic nitrogens is 1. The highest BCUT2D eigenvalue weighted by Crippen LogP contribution is 2.13. The fourth-order valence-electron chi connectivity index (χ4n) is 2.16. The van der Waals surface area contributed by atoms with Crippen LogP contribution in [0.2, 0.25) is 0 Å². The summed E-state index contributed by atoms with van der Waals surface area (Å²) in [6, 6.07) is 4.38. The molecule has 1 aromatic rings. The van der Waals surface area contributed by atoms with Crippen molar-refractivity contribution in [1.82, 2.24) is 10.3 Å². The molecular formula is C17H31N3. The highest BCUT2D eigenvalue weighted by Gasteiger charge is 2.06. The van der Waals surface area contributed by atoms with Crippen LogP contribution in [0.3, 0.4) is 0 Å². The van der Waals surface area contributed by atoms with Crippen molar-refractivity contribution >= 4 is 5.82 Å². The van der Waals surface area contributed by atoms with E-state index in [1.54, 1.807) is 0 Å². The predicted octanol–water partition coefficient (Wildman–Crippen LogP) is 3.99. The average molecular weight is 277 g/mol. The molecule has 1 rings (SSSR count). The zero-order valence-corrected chi connectivity index (χ0v) is 13.5. The average Bonchev–Trinajstić information content (AvgIpc) is 2.49. The summed E-state index contributed by atoms with van der Waals surface area (Å²) in [5.41, 5.74) is 1.27. The molecule has 0 atom stereocenters. The minimum Gasteiger partial charge on any atom is -0.357 e. The van der Waals surface area contributed by atoms with Gasteiger partial charge in [0.15, 0.2) is 0 Å². The molecule has 114 valence electrons. The highest BCUT2D eigenvalue weighted by molar-refractivity contribution is 5.39. The van der Waals surface area contributed by atoms with Crippen LogP contribution in [0, 0.1) is 0 Å². The Labute approximate surface area is 124 Å². The lowest BCUT2D eigenvalue weighted by molar-refractivity contribution is 0.665.